The van der Waals surface area contributed by atoms with Crippen LogP contribution < -0.4 is 5.73 Å². The molecule has 100 valence electrons. The molecule has 0 amide bonds. The van der Waals surface area contributed by atoms with Gasteiger partial charge in [0.1, 0.15) is 0 Å². The first-order valence-corrected chi connectivity index (χ1v) is 6.34. The summed E-state index contributed by atoms with van der Waals surface area (Å²) < 4.78 is 39.3. The number of nitrogens with two attached hydrogens (primary N) is 1. The first kappa shape index (κ1) is 13.7. The summed E-state index contributed by atoms with van der Waals surface area (Å²) in [4.78, 5) is 0. The largest absolute Gasteiger partial charge is 0.416 e. The van der Waals surface area contributed by atoms with Gasteiger partial charge in [0.2, 0.25) is 0 Å². The van der Waals surface area contributed by atoms with Gasteiger partial charge in [0.25, 0.3) is 0 Å². The minimum atomic E-state index is -4.38. The van der Waals surface area contributed by atoms with E-state index in [4.69, 9.17) is 17.3 Å². The van der Waals surface area contributed by atoms with Gasteiger partial charge < -0.3 is 5.73 Å². The van der Waals surface area contributed by atoms with Gasteiger partial charge in [0.05, 0.1) is 5.56 Å². The summed E-state index contributed by atoms with van der Waals surface area (Å²) in [5.74, 6) is 0. The van der Waals surface area contributed by atoms with Crippen molar-refractivity contribution in [3.05, 3.63) is 34.3 Å². The summed E-state index contributed by atoms with van der Waals surface area (Å²) in [7, 11) is 0. The quantitative estimate of drug-likeness (QED) is 0.864. The van der Waals surface area contributed by atoms with Gasteiger partial charge >= 0.3 is 6.18 Å². The van der Waals surface area contributed by atoms with Crippen LogP contribution in [0.15, 0.2) is 18.2 Å². The number of hydrogen-bond donors (Lipinski definition) is 1. The SMILES string of the molecule is NCC1(c2ccc(Cl)cc2C(F)(F)F)CCCC1. The highest BCUT2D eigenvalue weighted by molar-refractivity contribution is 6.30. The summed E-state index contributed by atoms with van der Waals surface area (Å²) in [6.45, 7) is 0.248. The number of alkyl halides is 3. The highest BCUT2D eigenvalue weighted by Gasteiger charge is 2.42. The number of rotatable bonds is 2. The smallest absolute Gasteiger partial charge is 0.330 e. The van der Waals surface area contributed by atoms with E-state index in [0.29, 0.717) is 18.4 Å². The van der Waals surface area contributed by atoms with E-state index < -0.39 is 17.2 Å². The Morgan fingerprint density at radius 1 is 1.22 bits per heavy atom. The van der Waals surface area contributed by atoms with Gasteiger partial charge in [0, 0.05) is 17.0 Å². The van der Waals surface area contributed by atoms with Crippen molar-refractivity contribution in [3.8, 4) is 0 Å². The standard InChI is InChI=1S/C13H15ClF3N/c14-9-3-4-10(11(7-9)13(15,16)17)12(8-18)5-1-2-6-12/h3-4,7H,1-2,5-6,8,18H2. The second-order valence-corrected chi connectivity index (χ2v) is 5.32. The van der Waals surface area contributed by atoms with Crippen LogP contribution in [0.1, 0.15) is 36.8 Å². The van der Waals surface area contributed by atoms with Gasteiger partial charge in [-0.3, -0.25) is 0 Å². The number of benzene rings is 1. The third kappa shape index (κ3) is 2.36. The summed E-state index contributed by atoms with van der Waals surface area (Å²) >= 11 is 5.69. The average Bonchev–Trinajstić information content (AvgIpc) is 2.77. The highest BCUT2D eigenvalue weighted by atomic mass is 35.5. The Morgan fingerprint density at radius 3 is 2.33 bits per heavy atom. The lowest BCUT2D eigenvalue weighted by Gasteiger charge is -2.31. The van der Waals surface area contributed by atoms with Crippen molar-refractivity contribution < 1.29 is 13.2 Å². The third-order valence-electron chi connectivity index (χ3n) is 3.81. The third-order valence-corrected chi connectivity index (χ3v) is 4.04. The highest BCUT2D eigenvalue weighted by Crippen LogP contribution is 2.46. The minimum absolute atomic E-state index is 0.108. The Morgan fingerprint density at radius 2 is 1.83 bits per heavy atom. The summed E-state index contributed by atoms with van der Waals surface area (Å²) in [6.07, 6.45) is -1.10. The summed E-state index contributed by atoms with van der Waals surface area (Å²) in [5, 5.41) is 0.108. The maximum Gasteiger partial charge on any atom is 0.416 e. The fraction of sp³-hybridized carbons (Fsp3) is 0.538. The van der Waals surface area contributed by atoms with Gasteiger partial charge in [-0.2, -0.15) is 13.2 Å². The zero-order chi connectivity index (χ0) is 13.4. The van der Waals surface area contributed by atoms with E-state index in [-0.39, 0.29) is 11.6 Å². The second kappa shape index (κ2) is 4.74. The van der Waals surface area contributed by atoms with Crippen LogP contribution in [-0.2, 0) is 11.6 Å². The van der Waals surface area contributed by atoms with Crippen LogP contribution in [0.2, 0.25) is 5.02 Å². The van der Waals surface area contributed by atoms with Crippen molar-refractivity contribution in [1.29, 1.82) is 0 Å². The molecule has 0 bridgehead atoms. The van der Waals surface area contributed by atoms with E-state index in [1.54, 1.807) is 0 Å². The van der Waals surface area contributed by atoms with E-state index >= 15 is 0 Å². The molecule has 0 radical (unpaired) electrons. The molecular formula is C13H15ClF3N. The van der Waals surface area contributed by atoms with Crippen LogP contribution in [0, 0.1) is 0 Å². The van der Waals surface area contributed by atoms with Gasteiger partial charge in [-0.05, 0) is 30.5 Å². The molecule has 0 saturated heterocycles. The van der Waals surface area contributed by atoms with Crippen LogP contribution in [0.4, 0.5) is 13.2 Å². The van der Waals surface area contributed by atoms with Crippen molar-refractivity contribution in [2.24, 2.45) is 5.73 Å². The van der Waals surface area contributed by atoms with Crippen LogP contribution in [0.3, 0.4) is 0 Å². The molecule has 0 spiro atoms. The van der Waals surface area contributed by atoms with E-state index in [9.17, 15) is 13.2 Å². The first-order chi connectivity index (χ1) is 8.39. The molecule has 0 aromatic heterocycles. The van der Waals surface area contributed by atoms with E-state index in [0.717, 1.165) is 18.9 Å². The van der Waals surface area contributed by atoms with Gasteiger partial charge in [-0.25, -0.2) is 0 Å². The van der Waals surface area contributed by atoms with E-state index in [2.05, 4.69) is 0 Å². The fourth-order valence-electron chi connectivity index (χ4n) is 2.85. The average molecular weight is 278 g/mol. The van der Waals surface area contributed by atoms with Crippen molar-refractivity contribution in [3.63, 3.8) is 0 Å². The Kier molecular flexibility index (Phi) is 3.60. The molecule has 1 aliphatic carbocycles. The Labute approximate surface area is 109 Å². The molecule has 1 aromatic carbocycles. The zero-order valence-electron chi connectivity index (χ0n) is 9.86. The van der Waals surface area contributed by atoms with Crippen LogP contribution >= 0.6 is 11.6 Å². The molecule has 0 aliphatic heterocycles. The van der Waals surface area contributed by atoms with Crippen molar-refractivity contribution >= 4 is 11.6 Å². The molecule has 18 heavy (non-hydrogen) atoms. The monoisotopic (exact) mass is 277 g/mol. The Bertz CT molecular complexity index is 436. The molecule has 1 saturated carbocycles. The van der Waals surface area contributed by atoms with Gasteiger partial charge in [-0.1, -0.05) is 30.5 Å². The van der Waals surface area contributed by atoms with Gasteiger partial charge in [-0.15, -0.1) is 0 Å². The molecule has 0 unspecified atom stereocenters. The molecule has 2 N–H and O–H groups in total. The molecule has 1 nitrogen and oxygen atoms in total. The molecule has 1 aromatic rings. The van der Waals surface area contributed by atoms with Crippen LogP contribution in [0.25, 0.3) is 0 Å². The van der Waals surface area contributed by atoms with E-state index in [1.165, 1.54) is 12.1 Å². The van der Waals surface area contributed by atoms with E-state index in [1.807, 2.05) is 0 Å². The van der Waals surface area contributed by atoms with Crippen LogP contribution in [-0.4, -0.2) is 6.54 Å². The molecular weight excluding hydrogens is 263 g/mol. The Balaban J connectivity index is 2.56. The fourth-order valence-corrected chi connectivity index (χ4v) is 3.02. The maximum absolute atomic E-state index is 13.1. The predicted molar refractivity (Wildman–Crippen MR) is 65.7 cm³/mol. The normalized spacial score (nSPS) is 19.2. The predicted octanol–water partition coefficient (Wildman–Crippen LogP) is 4.13. The molecule has 1 fully saturated rings. The lowest BCUT2D eigenvalue weighted by atomic mass is 9.76. The minimum Gasteiger partial charge on any atom is -0.330 e. The van der Waals surface area contributed by atoms with Crippen molar-refractivity contribution in [1.82, 2.24) is 0 Å². The molecule has 5 heteroatoms. The molecule has 0 heterocycles. The lowest BCUT2D eigenvalue weighted by molar-refractivity contribution is -0.138. The molecule has 2 rings (SSSR count). The number of hydrogen-bond acceptors (Lipinski definition) is 1. The molecule has 1 aliphatic rings. The second-order valence-electron chi connectivity index (χ2n) is 4.88. The zero-order valence-corrected chi connectivity index (χ0v) is 10.6. The maximum atomic E-state index is 13.1. The summed E-state index contributed by atoms with van der Waals surface area (Å²) in [5.41, 5.74) is 4.89. The van der Waals surface area contributed by atoms with Crippen LogP contribution in [0.5, 0.6) is 0 Å². The van der Waals surface area contributed by atoms with Crippen molar-refractivity contribution in [2.75, 3.05) is 6.54 Å². The van der Waals surface area contributed by atoms with Gasteiger partial charge in [0.15, 0.2) is 0 Å². The first-order valence-electron chi connectivity index (χ1n) is 5.96. The molecule has 0 atom stereocenters. The summed E-state index contributed by atoms with van der Waals surface area (Å²) in [6, 6.07) is 4.01. The lowest BCUT2D eigenvalue weighted by Crippen LogP contribution is -2.34. The van der Waals surface area contributed by atoms with Crippen molar-refractivity contribution in [2.45, 2.75) is 37.3 Å². The topological polar surface area (TPSA) is 26.0 Å². The number of halogens is 4. The Hall–Kier alpha value is -0.740.